The number of fused-ring (bicyclic) bond motifs is 7. The molecule has 1 aliphatic carbocycles. The summed E-state index contributed by atoms with van der Waals surface area (Å²) in [5, 5.41) is 1.76. The van der Waals surface area contributed by atoms with E-state index in [1.54, 1.807) is 5.57 Å². The van der Waals surface area contributed by atoms with Crippen LogP contribution in [0, 0.1) is 11.8 Å². The number of piperidine rings is 3. The maximum Gasteiger partial charge on any atom is 0.271 e. The quantitative estimate of drug-likeness (QED) is 0.612. The molecular formula is C25H30ClN3O. The van der Waals surface area contributed by atoms with Gasteiger partial charge in [0, 0.05) is 42.1 Å². The number of aryl methyl sites for hydroxylation is 1. The highest BCUT2D eigenvalue weighted by atomic mass is 35.5. The van der Waals surface area contributed by atoms with Crippen molar-refractivity contribution in [1.29, 1.82) is 0 Å². The maximum absolute atomic E-state index is 13.8. The normalized spacial score (nSPS) is 31.3. The molecule has 5 heteroatoms. The van der Waals surface area contributed by atoms with Crippen LogP contribution in [0.4, 0.5) is 0 Å². The van der Waals surface area contributed by atoms with E-state index >= 15 is 0 Å². The number of aromatic nitrogens is 1. The van der Waals surface area contributed by atoms with Gasteiger partial charge in [-0.05, 0) is 74.8 Å². The van der Waals surface area contributed by atoms with Gasteiger partial charge in [-0.2, -0.15) is 0 Å². The van der Waals surface area contributed by atoms with Crippen molar-refractivity contribution >= 4 is 28.4 Å². The third-order valence-electron chi connectivity index (χ3n) is 8.14. The van der Waals surface area contributed by atoms with Crippen LogP contribution in [0.1, 0.15) is 49.0 Å². The molecule has 0 N–H and O–H groups in total. The van der Waals surface area contributed by atoms with Crippen molar-refractivity contribution in [2.45, 2.75) is 50.6 Å². The fourth-order valence-electron chi connectivity index (χ4n) is 6.87. The summed E-state index contributed by atoms with van der Waals surface area (Å²) < 4.78 is 2.04. The molecule has 3 fully saturated rings. The zero-order chi connectivity index (χ0) is 20.4. The highest BCUT2D eigenvalue weighted by Crippen LogP contribution is 2.45. The Bertz CT molecular complexity index is 1040. The van der Waals surface area contributed by atoms with Crippen LogP contribution >= 0.6 is 11.6 Å². The minimum atomic E-state index is 0.180. The number of halogens is 1. The molecule has 2 aromatic rings. The second-order valence-corrected chi connectivity index (χ2v) is 10.2. The van der Waals surface area contributed by atoms with Gasteiger partial charge in [0.15, 0.2) is 0 Å². The van der Waals surface area contributed by atoms with E-state index in [1.807, 2.05) is 35.9 Å². The van der Waals surface area contributed by atoms with Crippen molar-refractivity contribution in [3.8, 4) is 0 Å². The summed E-state index contributed by atoms with van der Waals surface area (Å²) in [6.07, 6.45) is 10.2. The summed E-state index contributed by atoms with van der Waals surface area (Å²) in [7, 11) is 2.00. The van der Waals surface area contributed by atoms with E-state index in [0.717, 1.165) is 42.1 Å². The van der Waals surface area contributed by atoms with Gasteiger partial charge in [0.25, 0.3) is 5.91 Å². The predicted octanol–water partition coefficient (Wildman–Crippen LogP) is 4.87. The Labute approximate surface area is 183 Å². The van der Waals surface area contributed by atoms with E-state index in [4.69, 9.17) is 11.6 Å². The first kappa shape index (κ1) is 18.9. The van der Waals surface area contributed by atoms with Crippen molar-refractivity contribution < 1.29 is 4.79 Å². The van der Waals surface area contributed by atoms with Crippen LogP contribution in [-0.2, 0) is 7.05 Å². The summed E-state index contributed by atoms with van der Waals surface area (Å²) in [5.41, 5.74) is 3.39. The number of likely N-dealkylation sites (tertiary alicyclic amines) is 1. The molecule has 3 aliphatic heterocycles. The van der Waals surface area contributed by atoms with Gasteiger partial charge < -0.3 is 9.47 Å². The second-order valence-electron chi connectivity index (χ2n) is 9.80. The zero-order valence-electron chi connectivity index (χ0n) is 17.7. The number of hydrogen-bond acceptors (Lipinski definition) is 2. The summed E-state index contributed by atoms with van der Waals surface area (Å²) in [6.45, 7) is 3.27. The number of carbonyl (C=O) groups is 1. The Morgan fingerprint density at radius 2 is 2.03 bits per heavy atom. The largest absolute Gasteiger partial charge is 0.340 e. The average Bonchev–Trinajstić information content (AvgIpc) is 3.08. The Morgan fingerprint density at radius 1 is 1.13 bits per heavy atom. The first-order valence-corrected chi connectivity index (χ1v) is 12.0. The minimum absolute atomic E-state index is 0.180. The Morgan fingerprint density at radius 3 is 2.93 bits per heavy atom. The lowest BCUT2D eigenvalue weighted by molar-refractivity contribution is 0.00122. The molecule has 4 aliphatic rings. The van der Waals surface area contributed by atoms with Gasteiger partial charge in [0.05, 0.1) is 6.04 Å². The number of amides is 1. The standard InChI is InChI=1S/C25H30ClN3O/c1-27-21-8-7-20(26)13-18(21)14-23(27)25(30)29-10-4-5-16-11-17-12-19(24(16)29)15-28-9-3-2-6-22(17)28/h7-8,11,13-14,17,19,22,24H,2-6,9-10,12,15H2,1H3/t17-,19-,22?,24?/m0/s1. The molecular weight excluding hydrogens is 394 g/mol. The van der Waals surface area contributed by atoms with Crippen LogP contribution in [0.5, 0.6) is 0 Å². The van der Waals surface area contributed by atoms with Crippen LogP contribution in [-0.4, -0.2) is 52.0 Å². The molecule has 6 rings (SSSR count). The summed E-state index contributed by atoms with van der Waals surface area (Å²) in [5.74, 6) is 1.46. The number of rotatable bonds is 1. The Kier molecular flexibility index (Phi) is 4.50. The van der Waals surface area contributed by atoms with Crippen molar-refractivity contribution in [3.05, 3.63) is 46.6 Å². The number of hydrogen-bond donors (Lipinski definition) is 0. The molecule has 4 atom stereocenters. The highest BCUT2D eigenvalue weighted by molar-refractivity contribution is 6.31. The summed E-state index contributed by atoms with van der Waals surface area (Å²) in [4.78, 5) is 18.8. The lowest BCUT2D eigenvalue weighted by atomic mass is 9.68. The summed E-state index contributed by atoms with van der Waals surface area (Å²) in [6, 6.07) is 8.92. The van der Waals surface area contributed by atoms with E-state index in [1.165, 1.54) is 38.6 Å². The molecule has 4 heterocycles. The van der Waals surface area contributed by atoms with Crippen molar-refractivity contribution in [1.82, 2.24) is 14.4 Å². The van der Waals surface area contributed by atoms with Crippen molar-refractivity contribution in [2.24, 2.45) is 18.9 Å². The second kappa shape index (κ2) is 7.13. The van der Waals surface area contributed by atoms with E-state index in [-0.39, 0.29) is 11.9 Å². The SMILES string of the molecule is Cn1c(C(=O)N2CCCC3=C[C@H]4C[C@@H](CN5CCCCC45)C32)cc2cc(Cl)ccc21. The van der Waals surface area contributed by atoms with Crippen LogP contribution in [0.3, 0.4) is 0 Å². The predicted molar refractivity (Wildman–Crippen MR) is 121 cm³/mol. The van der Waals surface area contributed by atoms with E-state index in [2.05, 4.69) is 15.9 Å². The maximum atomic E-state index is 13.8. The van der Waals surface area contributed by atoms with Crippen molar-refractivity contribution in [2.75, 3.05) is 19.6 Å². The zero-order valence-corrected chi connectivity index (χ0v) is 18.4. The smallest absolute Gasteiger partial charge is 0.271 e. The first-order chi connectivity index (χ1) is 14.6. The fraction of sp³-hybridized carbons (Fsp3) is 0.560. The van der Waals surface area contributed by atoms with Crippen LogP contribution < -0.4 is 0 Å². The molecule has 0 radical (unpaired) electrons. The molecule has 0 saturated carbocycles. The van der Waals surface area contributed by atoms with Crippen LogP contribution in [0.25, 0.3) is 10.9 Å². The molecule has 2 unspecified atom stereocenters. The van der Waals surface area contributed by atoms with Gasteiger partial charge in [-0.1, -0.05) is 29.7 Å². The molecule has 1 aromatic carbocycles. The Hall–Kier alpha value is -1.78. The molecule has 2 bridgehead atoms. The molecule has 1 amide bonds. The molecule has 4 nitrogen and oxygen atoms in total. The number of carbonyl (C=O) groups excluding carboxylic acids is 1. The molecule has 1 aromatic heterocycles. The molecule has 30 heavy (non-hydrogen) atoms. The topological polar surface area (TPSA) is 28.5 Å². The fourth-order valence-corrected chi connectivity index (χ4v) is 7.05. The Balaban J connectivity index is 1.36. The van der Waals surface area contributed by atoms with E-state index in [0.29, 0.717) is 16.9 Å². The average molecular weight is 424 g/mol. The van der Waals surface area contributed by atoms with Gasteiger partial charge in [-0.25, -0.2) is 0 Å². The number of nitrogens with zero attached hydrogens (tertiary/aromatic N) is 3. The molecule has 158 valence electrons. The third-order valence-corrected chi connectivity index (χ3v) is 8.38. The lowest BCUT2D eigenvalue weighted by Gasteiger charge is -2.54. The van der Waals surface area contributed by atoms with Gasteiger partial charge >= 0.3 is 0 Å². The molecule has 0 spiro atoms. The van der Waals surface area contributed by atoms with Crippen LogP contribution in [0.15, 0.2) is 35.9 Å². The highest BCUT2D eigenvalue weighted by Gasteiger charge is 2.47. The van der Waals surface area contributed by atoms with Crippen molar-refractivity contribution in [3.63, 3.8) is 0 Å². The van der Waals surface area contributed by atoms with Gasteiger partial charge in [-0.15, -0.1) is 0 Å². The van der Waals surface area contributed by atoms with Gasteiger partial charge in [0.1, 0.15) is 5.69 Å². The van der Waals surface area contributed by atoms with E-state index in [9.17, 15) is 4.79 Å². The van der Waals surface area contributed by atoms with Gasteiger partial charge in [0.2, 0.25) is 0 Å². The van der Waals surface area contributed by atoms with Crippen LogP contribution in [0.2, 0.25) is 5.02 Å². The number of benzene rings is 1. The minimum Gasteiger partial charge on any atom is -0.340 e. The molecule has 3 saturated heterocycles. The van der Waals surface area contributed by atoms with Gasteiger partial charge in [-0.3, -0.25) is 9.69 Å². The summed E-state index contributed by atoms with van der Waals surface area (Å²) >= 11 is 6.20. The third kappa shape index (κ3) is 2.87. The first-order valence-electron chi connectivity index (χ1n) is 11.6. The van der Waals surface area contributed by atoms with E-state index < -0.39 is 0 Å². The lowest BCUT2D eigenvalue weighted by Crippen LogP contribution is -2.60. The monoisotopic (exact) mass is 423 g/mol.